The Balaban J connectivity index is 2.04. The highest BCUT2D eigenvalue weighted by atomic mass is 16.5. The topological polar surface area (TPSA) is 55.4 Å². The summed E-state index contributed by atoms with van der Waals surface area (Å²) in [4.78, 5) is 23.9. The van der Waals surface area contributed by atoms with Gasteiger partial charge in [0.15, 0.2) is 11.9 Å². The van der Waals surface area contributed by atoms with Gasteiger partial charge in [-0.2, -0.15) is 0 Å². The van der Waals surface area contributed by atoms with Crippen molar-refractivity contribution in [1.29, 1.82) is 0 Å². The summed E-state index contributed by atoms with van der Waals surface area (Å²) in [6.45, 7) is 5.23. The molecule has 2 aromatic rings. The van der Waals surface area contributed by atoms with Crippen molar-refractivity contribution in [3.05, 3.63) is 59.7 Å². The van der Waals surface area contributed by atoms with Crippen LogP contribution in [0.5, 0.6) is 5.75 Å². The molecule has 2 aromatic carbocycles. The zero-order valence-corrected chi connectivity index (χ0v) is 13.6. The summed E-state index contributed by atoms with van der Waals surface area (Å²) in [6, 6.07) is 14.6. The van der Waals surface area contributed by atoms with E-state index in [1.807, 2.05) is 24.3 Å². The Kier molecular flexibility index (Phi) is 5.52. The van der Waals surface area contributed by atoms with E-state index in [1.54, 1.807) is 31.2 Å². The molecule has 2 rings (SSSR count). The third-order valence-electron chi connectivity index (χ3n) is 3.58. The number of benzene rings is 2. The average molecular weight is 311 g/mol. The third-order valence-corrected chi connectivity index (χ3v) is 3.58. The van der Waals surface area contributed by atoms with Crippen molar-refractivity contribution >= 4 is 17.4 Å². The van der Waals surface area contributed by atoms with Crippen molar-refractivity contribution in [2.24, 2.45) is 0 Å². The second kappa shape index (κ2) is 7.58. The maximum Gasteiger partial charge on any atom is 0.265 e. The zero-order valence-electron chi connectivity index (χ0n) is 13.6. The number of ketones is 1. The number of Topliss-reactive ketones (excluding diaryl/α,β-unsaturated/α-hetero) is 1. The first-order chi connectivity index (χ1) is 11.0. The van der Waals surface area contributed by atoms with Gasteiger partial charge in [-0.05, 0) is 50.1 Å². The second-order valence-electron chi connectivity index (χ2n) is 5.35. The quantitative estimate of drug-likeness (QED) is 0.824. The first-order valence-corrected chi connectivity index (χ1v) is 7.67. The highest BCUT2D eigenvalue weighted by Gasteiger charge is 2.17. The predicted molar refractivity (Wildman–Crippen MR) is 91.0 cm³/mol. The number of carbonyl (C=O) groups is 2. The summed E-state index contributed by atoms with van der Waals surface area (Å²) >= 11 is 0. The summed E-state index contributed by atoms with van der Waals surface area (Å²) < 4.78 is 5.65. The van der Waals surface area contributed by atoms with E-state index in [4.69, 9.17) is 4.74 Å². The SMILES string of the molecule is CCc1ccc(OC(C)C(=O)Nc2ccccc2C(C)=O)cc1. The molecule has 4 nitrogen and oxygen atoms in total. The van der Waals surface area contributed by atoms with E-state index in [1.165, 1.54) is 12.5 Å². The van der Waals surface area contributed by atoms with Crippen LogP contribution >= 0.6 is 0 Å². The van der Waals surface area contributed by atoms with E-state index < -0.39 is 6.10 Å². The van der Waals surface area contributed by atoms with Crippen LogP contribution in [0.1, 0.15) is 36.7 Å². The van der Waals surface area contributed by atoms with Crippen molar-refractivity contribution in [1.82, 2.24) is 0 Å². The molecule has 0 saturated carbocycles. The largest absolute Gasteiger partial charge is 0.481 e. The molecule has 23 heavy (non-hydrogen) atoms. The Morgan fingerprint density at radius 1 is 1.09 bits per heavy atom. The van der Waals surface area contributed by atoms with Crippen LogP contribution in [-0.2, 0) is 11.2 Å². The number of hydrogen-bond acceptors (Lipinski definition) is 3. The number of para-hydroxylation sites is 1. The fourth-order valence-corrected chi connectivity index (χ4v) is 2.19. The normalized spacial score (nSPS) is 11.6. The van der Waals surface area contributed by atoms with Gasteiger partial charge in [0.1, 0.15) is 5.75 Å². The van der Waals surface area contributed by atoms with Gasteiger partial charge in [-0.3, -0.25) is 9.59 Å². The monoisotopic (exact) mass is 311 g/mol. The maximum absolute atomic E-state index is 12.3. The molecule has 0 saturated heterocycles. The molecule has 0 aliphatic rings. The Bertz CT molecular complexity index is 692. The smallest absolute Gasteiger partial charge is 0.265 e. The standard InChI is InChI=1S/C19H21NO3/c1-4-15-9-11-16(12-10-15)23-14(3)19(22)20-18-8-6-5-7-17(18)13(2)21/h5-12,14H,4H2,1-3H3,(H,20,22). The molecule has 0 aliphatic carbocycles. The van der Waals surface area contributed by atoms with Gasteiger partial charge in [0, 0.05) is 5.56 Å². The maximum atomic E-state index is 12.3. The van der Waals surface area contributed by atoms with Crippen LogP contribution in [0.4, 0.5) is 5.69 Å². The number of nitrogens with one attached hydrogen (secondary N) is 1. The molecule has 1 N–H and O–H groups in total. The van der Waals surface area contributed by atoms with Crippen LogP contribution in [0.15, 0.2) is 48.5 Å². The van der Waals surface area contributed by atoms with Gasteiger partial charge in [0.25, 0.3) is 5.91 Å². The number of hydrogen-bond donors (Lipinski definition) is 1. The molecule has 4 heteroatoms. The lowest BCUT2D eigenvalue weighted by molar-refractivity contribution is -0.122. The lowest BCUT2D eigenvalue weighted by Crippen LogP contribution is -2.30. The van der Waals surface area contributed by atoms with E-state index in [0.29, 0.717) is 17.0 Å². The van der Waals surface area contributed by atoms with Crippen LogP contribution in [0.2, 0.25) is 0 Å². The molecule has 0 aliphatic heterocycles. The molecular formula is C19H21NO3. The molecule has 120 valence electrons. The molecule has 1 atom stereocenters. The summed E-state index contributed by atoms with van der Waals surface area (Å²) in [5.41, 5.74) is 2.20. The van der Waals surface area contributed by atoms with Crippen molar-refractivity contribution in [3.63, 3.8) is 0 Å². The van der Waals surface area contributed by atoms with Gasteiger partial charge in [-0.15, -0.1) is 0 Å². The number of ether oxygens (including phenoxy) is 1. The highest BCUT2D eigenvalue weighted by Crippen LogP contribution is 2.18. The number of aryl methyl sites for hydroxylation is 1. The van der Waals surface area contributed by atoms with Crippen LogP contribution in [0.25, 0.3) is 0 Å². The zero-order chi connectivity index (χ0) is 16.8. The summed E-state index contributed by atoms with van der Waals surface area (Å²) in [7, 11) is 0. The molecule has 0 spiro atoms. The van der Waals surface area contributed by atoms with E-state index in [-0.39, 0.29) is 11.7 Å². The lowest BCUT2D eigenvalue weighted by Gasteiger charge is -2.16. The molecule has 0 radical (unpaired) electrons. The van der Waals surface area contributed by atoms with E-state index in [9.17, 15) is 9.59 Å². The first-order valence-electron chi connectivity index (χ1n) is 7.67. The van der Waals surface area contributed by atoms with Crippen molar-refractivity contribution in [2.75, 3.05) is 5.32 Å². The summed E-state index contributed by atoms with van der Waals surface area (Å²) in [5, 5.41) is 2.75. The number of carbonyl (C=O) groups excluding carboxylic acids is 2. The fourth-order valence-electron chi connectivity index (χ4n) is 2.19. The highest BCUT2D eigenvalue weighted by molar-refractivity contribution is 6.04. The minimum absolute atomic E-state index is 0.0929. The molecular weight excluding hydrogens is 290 g/mol. The van der Waals surface area contributed by atoms with Gasteiger partial charge in [-0.1, -0.05) is 31.2 Å². The Hall–Kier alpha value is -2.62. The van der Waals surface area contributed by atoms with Gasteiger partial charge < -0.3 is 10.1 Å². The van der Waals surface area contributed by atoms with Gasteiger partial charge in [0.2, 0.25) is 0 Å². The molecule has 0 heterocycles. The van der Waals surface area contributed by atoms with E-state index >= 15 is 0 Å². The number of rotatable bonds is 6. The second-order valence-corrected chi connectivity index (χ2v) is 5.35. The summed E-state index contributed by atoms with van der Waals surface area (Å²) in [6.07, 6.45) is 0.292. The molecule has 1 amide bonds. The Labute approximate surface area is 136 Å². The first kappa shape index (κ1) is 16.7. The molecule has 0 aromatic heterocycles. The van der Waals surface area contributed by atoms with Gasteiger partial charge in [-0.25, -0.2) is 0 Å². The molecule has 1 unspecified atom stereocenters. The Morgan fingerprint density at radius 3 is 2.35 bits per heavy atom. The molecule has 0 bridgehead atoms. The third kappa shape index (κ3) is 4.42. The minimum atomic E-state index is -0.664. The summed E-state index contributed by atoms with van der Waals surface area (Å²) in [5.74, 6) is 0.257. The van der Waals surface area contributed by atoms with Gasteiger partial charge >= 0.3 is 0 Å². The lowest BCUT2D eigenvalue weighted by atomic mass is 10.1. The number of anilines is 1. The van der Waals surface area contributed by atoms with Crippen LogP contribution in [0.3, 0.4) is 0 Å². The average Bonchev–Trinajstić information content (AvgIpc) is 2.55. The van der Waals surface area contributed by atoms with Crippen molar-refractivity contribution in [2.45, 2.75) is 33.3 Å². The van der Waals surface area contributed by atoms with Crippen LogP contribution in [-0.4, -0.2) is 17.8 Å². The van der Waals surface area contributed by atoms with Crippen LogP contribution in [0, 0.1) is 0 Å². The van der Waals surface area contributed by atoms with E-state index in [2.05, 4.69) is 12.2 Å². The minimum Gasteiger partial charge on any atom is -0.481 e. The van der Waals surface area contributed by atoms with Crippen LogP contribution < -0.4 is 10.1 Å². The predicted octanol–water partition coefficient (Wildman–Crippen LogP) is 3.86. The fraction of sp³-hybridized carbons (Fsp3) is 0.263. The van der Waals surface area contributed by atoms with Gasteiger partial charge in [0.05, 0.1) is 5.69 Å². The van der Waals surface area contributed by atoms with Crippen molar-refractivity contribution in [3.8, 4) is 5.75 Å². The van der Waals surface area contributed by atoms with Crippen molar-refractivity contribution < 1.29 is 14.3 Å². The number of amides is 1. The Morgan fingerprint density at radius 2 is 1.74 bits per heavy atom. The molecule has 0 fully saturated rings. The van der Waals surface area contributed by atoms with E-state index in [0.717, 1.165) is 6.42 Å².